The van der Waals surface area contributed by atoms with Crippen LogP contribution < -0.4 is 16.4 Å². The molecule has 15 heteroatoms. The Hall–Kier alpha value is -4.63. The highest BCUT2D eigenvalue weighted by Crippen LogP contribution is 2.25. The molecule has 52 heavy (non-hydrogen) atoms. The second-order valence-corrected chi connectivity index (χ2v) is 13.4. The molecule has 5 N–H and O–H groups in total. The van der Waals surface area contributed by atoms with E-state index in [-0.39, 0.29) is 30.4 Å². The summed E-state index contributed by atoms with van der Waals surface area (Å²) in [5.41, 5.74) is 6.45. The van der Waals surface area contributed by atoms with Crippen molar-refractivity contribution in [2.24, 2.45) is 23.5 Å². The van der Waals surface area contributed by atoms with Gasteiger partial charge < -0.3 is 31.1 Å². The van der Waals surface area contributed by atoms with Crippen molar-refractivity contribution < 1.29 is 51.8 Å². The molecule has 0 bridgehead atoms. The molecular formula is C37H47F3N4O8. The van der Waals surface area contributed by atoms with Crippen LogP contribution in [0.4, 0.5) is 13.2 Å². The zero-order valence-corrected chi connectivity index (χ0v) is 29.5. The maximum absolute atomic E-state index is 13.7. The molecule has 0 saturated carbocycles. The molecule has 3 rings (SSSR count). The molecule has 0 aliphatic carbocycles. The number of nitrogens with zero attached hydrogens (tertiary/aromatic N) is 1. The minimum atomic E-state index is -5.10. The Morgan fingerprint density at radius 3 is 2.02 bits per heavy atom. The van der Waals surface area contributed by atoms with Crippen molar-refractivity contribution in [1.82, 2.24) is 15.5 Å². The molecule has 2 unspecified atom stereocenters. The van der Waals surface area contributed by atoms with E-state index in [4.69, 9.17) is 10.5 Å². The monoisotopic (exact) mass is 732 g/mol. The van der Waals surface area contributed by atoms with Gasteiger partial charge >= 0.3 is 6.18 Å². The summed E-state index contributed by atoms with van der Waals surface area (Å²) in [6.07, 6.45) is -9.83. The lowest BCUT2D eigenvalue weighted by molar-refractivity contribution is -0.213. The summed E-state index contributed by atoms with van der Waals surface area (Å²) in [7, 11) is 0. The van der Waals surface area contributed by atoms with E-state index < -0.39 is 79.0 Å². The number of nitrogens with two attached hydrogens (primary N) is 1. The number of benzene rings is 2. The lowest BCUT2D eigenvalue weighted by Crippen LogP contribution is -2.52. The summed E-state index contributed by atoms with van der Waals surface area (Å²) in [5, 5.41) is 14.6. The van der Waals surface area contributed by atoms with E-state index in [0.717, 1.165) is 0 Å². The van der Waals surface area contributed by atoms with E-state index in [9.17, 15) is 47.0 Å². The van der Waals surface area contributed by atoms with Crippen LogP contribution in [0.15, 0.2) is 54.6 Å². The molecular weight excluding hydrogens is 685 g/mol. The summed E-state index contributed by atoms with van der Waals surface area (Å²) >= 11 is 0. The van der Waals surface area contributed by atoms with Gasteiger partial charge in [0.1, 0.15) is 0 Å². The number of hydrogen-bond donors (Lipinski definition) is 4. The predicted octanol–water partition coefficient (Wildman–Crippen LogP) is 3.00. The number of halogens is 3. The quantitative estimate of drug-likeness (QED) is 0.169. The van der Waals surface area contributed by atoms with Gasteiger partial charge in [0.15, 0.2) is 17.7 Å². The first-order valence-electron chi connectivity index (χ1n) is 17.2. The number of morpholine rings is 1. The van der Waals surface area contributed by atoms with Crippen LogP contribution >= 0.6 is 0 Å². The maximum Gasteiger partial charge on any atom is 0.416 e. The highest BCUT2D eigenvalue weighted by molar-refractivity contribution is 6.01. The maximum atomic E-state index is 13.7. The second kappa shape index (κ2) is 19.3. The van der Waals surface area contributed by atoms with E-state index in [2.05, 4.69) is 10.6 Å². The Bertz CT molecular complexity index is 1550. The van der Waals surface area contributed by atoms with Gasteiger partial charge in [0.2, 0.25) is 17.7 Å². The fourth-order valence-corrected chi connectivity index (χ4v) is 5.77. The topological polar surface area (TPSA) is 185 Å². The molecule has 1 heterocycles. The van der Waals surface area contributed by atoms with Gasteiger partial charge in [-0.05, 0) is 36.5 Å². The summed E-state index contributed by atoms with van der Waals surface area (Å²) in [6, 6.07) is 11.9. The predicted molar refractivity (Wildman–Crippen MR) is 184 cm³/mol. The van der Waals surface area contributed by atoms with Crippen LogP contribution in [0.2, 0.25) is 0 Å². The van der Waals surface area contributed by atoms with Gasteiger partial charge in [0, 0.05) is 55.3 Å². The van der Waals surface area contributed by atoms with Gasteiger partial charge in [-0.3, -0.25) is 28.8 Å². The smallest absolute Gasteiger partial charge is 0.382 e. The molecule has 0 aromatic heterocycles. The van der Waals surface area contributed by atoms with Gasteiger partial charge in [-0.25, -0.2) is 0 Å². The fraction of sp³-hybridized carbons (Fsp3) is 0.514. The number of hydrogen-bond acceptors (Lipinski definition) is 8. The van der Waals surface area contributed by atoms with Gasteiger partial charge in [-0.2, -0.15) is 13.2 Å². The number of Topliss-reactive ketones (excluding diaryl/α,β-unsaturated/α-hetero) is 2. The Labute approximate surface area is 300 Å². The molecule has 1 saturated heterocycles. The van der Waals surface area contributed by atoms with Crippen LogP contribution in [0.25, 0.3) is 0 Å². The van der Waals surface area contributed by atoms with Crippen LogP contribution in [0.3, 0.4) is 0 Å². The van der Waals surface area contributed by atoms with Gasteiger partial charge in [-0.1, -0.05) is 63.2 Å². The molecule has 12 nitrogen and oxygen atoms in total. The highest BCUT2D eigenvalue weighted by Gasteiger charge is 2.44. The Kier molecular flexibility index (Phi) is 15.5. The molecule has 0 spiro atoms. The molecule has 2 aromatic rings. The average molecular weight is 733 g/mol. The molecule has 2 aromatic carbocycles. The van der Waals surface area contributed by atoms with Crippen LogP contribution in [0.1, 0.15) is 72.7 Å². The molecule has 1 fully saturated rings. The van der Waals surface area contributed by atoms with Crippen molar-refractivity contribution >= 4 is 35.2 Å². The van der Waals surface area contributed by atoms with Crippen molar-refractivity contribution in [3.63, 3.8) is 0 Å². The lowest BCUT2D eigenvalue weighted by atomic mass is 9.87. The molecule has 1 aliphatic rings. The molecule has 5 atom stereocenters. The number of amides is 4. The molecule has 4 amide bonds. The average Bonchev–Trinajstić information content (AvgIpc) is 3.11. The normalized spacial score (nSPS) is 16.3. The number of alkyl halides is 3. The number of primary amides is 1. The van der Waals surface area contributed by atoms with Crippen LogP contribution in [-0.2, 0) is 30.3 Å². The number of aliphatic hydroxyl groups is 1. The third kappa shape index (κ3) is 12.5. The largest absolute Gasteiger partial charge is 0.416 e. The van der Waals surface area contributed by atoms with Crippen LogP contribution in [0, 0.1) is 17.8 Å². The number of aliphatic hydroxyl groups excluding tert-OH is 1. The number of ketones is 2. The van der Waals surface area contributed by atoms with E-state index >= 15 is 0 Å². The number of carbonyl (C=O) groups excluding carboxylic acids is 6. The van der Waals surface area contributed by atoms with Crippen LogP contribution in [0.5, 0.6) is 0 Å². The minimum Gasteiger partial charge on any atom is -0.382 e. The van der Waals surface area contributed by atoms with E-state index in [1.165, 1.54) is 19.1 Å². The summed E-state index contributed by atoms with van der Waals surface area (Å²) < 4.78 is 45.1. The van der Waals surface area contributed by atoms with Gasteiger partial charge in [0.05, 0.1) is 25.3 Å². The molecule has 1 aliphatic heterocycles. The highest BCUT2D eigenvalue weighted by atomic mass is 19.4. The Morgan fingerprint density at radius 1 is 0.865 bits per heavy atom. The standard InChI is InChI=1S/C37H47F3N4O8/c1-22(2)27(21-30(45)25-9-11-26(12-10-25)36(51)44-15-17-52-18-16-44)35(50)43-29(20-24-7-5-4-6-8-24)31(46)19-23(3)34(49)42-28(13-14-32(41)47)33(48)37(38,39)40/h4-12,22-23,27-29,33,48H,13-21H2,1-3H3,(H2,41,47)(H,42,49)(H,43,50)/t23-,27+,28?,29+,33?/m1/s1. The van der Waals surface area contributed by atoms with E-state index in [0.29, 0.717) is 43.0 Å². The number of ether oxygens (including phenoxy) is 1. The zero-order chi connectivity index (χ0) is 38.6. The zero-order valence-electron chi connectivity index (χ0n) is 29.5. The third-order valence-corrected chi connectivity index (χ3v) is 8.99. The Balaban J connectivity index is 1.72. The first-order chi connectivity index (χ1) is 24.5. The van der Waals surface area contributed by atoms with Crippen molar-refractivity contribution in [2.45, 2.75) is 77.2 Å². The Morgan fingerprint density at radius 2 is 1.46 bits per heavy atom. The van der Waals surface area contributed by atoms with Crippen molar-refractivity contribution in [3.8, 4) is 0 Å². The first-order valence-corrected chi connectivity index (χ1v) is 17.2. The third-order valence-electron chi connectivity index (χ3n) is 8.99. The number of rotatable bonds is 18. The second-order valence-electron chi connectivity index (χ2n) is 13.4. The fourth-order valence-electron chi connectivity index (χ4n) is 5.77. The number of carbonyl (C=O) groups is 6. The van der Waals surface area contributed by atoms with E-state index in [1.54, 1.807) is 61.2 Å². The van der Waals surface area contributed by atoms with Crippen molar-refractivity contribution in [2.75, 3.05) is 26.3 Å². The molecule has 284 valence electrons. The minimum absolute atomic E-state index is 0.0329. The van der Waals surface area contributed by atoms with Crippen molar-refractivity contribution in [3.05, 3.63) is 71.3 Å². The summed E-state index contributed by atoms with van der Waals surface area (Å²) in [4.78, 5) is 79.3. The number of nitrogens with one attached hydrogen (secondary N) is 2. The lowest BCUT2D eigenvalue weighted by Gasteiger charge is -2.27. The van der Waals surface area contributed by atoms with E-state index in [1.807, 2.05) is 0 Å². The van der Waals surface area contributed by atoms with Gasteiger partial charge in [-0.15, -0.1) is 0 Å². The van der Waals surface area contributed by atoms with Gasteiger partial charge in [0.25, 0.3) is 5.91 Å². The van der Waals surface area contributed by atoms with Crippen molar-refractivity contribution in [1.29, 1.82) is 0 Å². The summed E-state index contributed by atoms with van der Waals surface area (Å²) in [5.74, 6) is -5.95. The summed E-state index contributed by atoms with van der Waals surface area (Å²) in [6.45, 7) is 6.66. The SMILES string of the molecule is CC(C)[C@H](CC(=O)c1ccc(C(=O)N2CCOCC2)cc1)C(=O)N[C@@H](Cc1ccccc1)C(=O)C[C@@H](C)C(=O)NC(CCC(N)=O)C(O)C(F)(F)F. The van der Waals surface area contributed by atoms with Crippen LogP contribution in [-0.4, -0.2) is 95.9 Å². The first kappa shape index (κ1) is 41.8. The molecule has 0 radical (unpaired) electrons.